The highest BCUT2D eigenvalue weighted by atomic mass is 35.5. The van der Waals surface area contributed by atoms with Crippen LogP contribution in [0.5, 0.6) is 0 Å². The highest BCUT2D eigenvalue weighted by Crippen LogP contribution is 2.28. The summed E-state index contributed by atoms with van der Waals surface area (Å²) in [7, 11) is 1.28. The van der Waals surface area contributed by atoms with Gasteiger partial charge in [0.15, 0.2) is 0 Å². The van der Waals surface area contributed by atoms with Gasteiger partial charge in [-0.05, 0) is 39.0 Å². The molecule has 1 saturated heterocycles. The summed E-state index contributed by atoms with van der Waals surface area (Å²) in [5, 5.41) is 3.02. The van der Waals surface area contributed by atoms with Crippen LogP contribution >= 0.6 is 11.6 Å². The first-order valence-electron chi connectivity index (χ1n) is 7.62. The fraction of sp³-hybridized carbons (Fsp3) is 0.471. The van der Waals surface area contributed by atoms with Crippen molar-refractivity contribution in [2.45, 2.75) is 32.7 Å². The Morgan fingerprint density at radius 2 is 2.00 bits per heavy atom. The van der Waals surface area contributed by atoms with Crippen LogP contribution in [0.1, 0.15) is 37.6 Å². The number of rotatable bonds is 3. The van der Waals surface area contributed by atoms with Gasteiger partial charge in [0.25, 0.3) is 0 Å². The van der Waals surface area contributed by atoms with E-state index < -0.39 is 11.9 Å². The third kappa shape index (κ3) is 3.87. The second-order valence-corrected chi connectivity index (χ2v) is 7.16. The Morgan fingerprint density at radius 3 is 2.54 bits per heavy atom. The van der Waals surface area contributed by atoms with E-state index in [1.54, 1.807) is 4.90 Å². The van der Waals surface area contributed by atoms with Crippen molar-refractivity contribution in [3.05, 3.63) is 28.8 Å². The van der Waals surface area contributed by atoms with Crippen LogP contribution < -0.4 is 5.32 Å². The van der Waals surface area contributed by atoms with Crippen LogP contribution in [0.2, 0.25) is 5.02 Å². The molecule has 1 aromatic rings. The average molecular weight is 353 g/mol. The predicted octanol–water partition coefficient (Wildman–Crippen LogP) is 2.71. The Kier molecular flexibility index (Phi) is 5.18. The molecule has 1 aromatic carbocycles. The number of halogens is 1. The van der Waals surface area contributed by atoms with Crippen molar-refractivity contribution in [1.82, 2.24) is 4.90 Å². The topological polar surface area (TPSA) is 75.7 Å². The van der Waals surface area contributed by atoms with Crippen LogP contribution in [0.3, 0.4) is 0 Å². The normalized spacial score (nSPS) is 17.8. The third-order valence-electron chi connectivity index (χ3n) is 3.95. The molecule has 1 aliphatic heterocycles. The smallest absolute Gasteiger partial charge is 0.337 e. The second kappa shape index (κ2) is 6.81. The molecule has 130 valence electrons. The number of hydrogen-bond acceptors (Lipinski definition) is 4. The lowest BCUT2D eigenvalue weighted by Crippen LogP contribution is -2.42. The maximum Gasteiger partial charge on any atom is 0.337 e. The number of carbonyl (C=O) groups is 3. The summed E-state index contributed by atoms with van der Waals surface area (Å²) in [6.45, 7) is 6.16. The molecule has 2 rings (SSSR count). The highest BCUT2D eigenvalue weighted by molar-refractivity contribution is 6.33. The highest BCUT2D eigenvalue weighted by Gasteiger charge is 2.39. The van der Waals surface area contributed by atoms with E-state index in [0.29, 0.717) is 17.3 Å². The molecular formula is C17H21ClN2O4. The molecule has 0 spiro atoms. The number of methoxy groups -OCH3 is 1. The van der Waals surface area contributed by atoms with Gasteiger partial charge in [-0.1, -0.05) is 11.6 Å². The Labute approximate surface area is 146 Å². The molecule has 2 amide bonds. The van der Waals surface area contributed by atoms with E-state index in [1.165, 1.54) is 25.3 Å². The number of benzene rings is 1. The number of anilines is 1. The predicted molar refractivity (Wildman–Crippen MR) is 91.0 cm³/mol. The van der Waals surface area contributed by atoms with Gasteiger partial charge in [0.2, 0.25) is 11.8 Å². The van der Waals surface area contributed by atoms with Gasteiger partial charge in [-0.25, -0.2) is 4.79 Å². The number of esters is 1. The van der Waals surface area contributed by atoms with Gasteiger partial charge < -0.3 is 15.0 Å². The Balaban J connectivity index is 2.13. The molecule has 1 fully saturated rings. The molecule has 24 heavy (non-hydrogen) atoms. The molecule has 0 bridgehead atoms. The molecule has 0 radical (unpaired) electrons. The summed E-state index contributed by atoms with van der Waals surface area (Å²) < 4.78 is 4.66. The monoisotopic (exact) mass is 352 g/mol. The fourth-order valence-corrected chi connectivity index (χ4v) is 2.80. The summed E-state index contributed by atoms with van der Waals surface area (Å²) in [5.74, 6) is -1.30. The van der Waals surface area contributed by atoms with Crippen molar-refractivity contribution in [1.29, 1.82) is 0 Å². The minimum absolute atomic E-state index is 0.0444. The number of ether oxygens (including phenoxy) is 1. The van der Waals surface area contributed by atoms with Crippen LogP contribution in [0.4, 0.5) is 5.69 Å². The van der Waals surface area contributed by atoms with Gasteiger partial charge in [0, 0.05) is 18.5 Å². The maximum absolute atomic E-state index is 12.5. The minimum atomic E-state index is -0.517. The largest absolute Gasteiger partial charge is 0.465 e. The molecule has 1 aliphatic rings. The van der Waals surface area contributed by atoms with E-state index in [0.717, 1.165) is 0 Å². The zero-order chi connectivity index (χ0) is 18.1. The molecular weight excluding hydrogens is 332 g/mol. The van der Waals surface area contributed by atoms with Crippen molar-refractivity contribution in [3.8, 4) is 0 Å². The number of amides is 2. The second-order valence-electron chi connectivity index (χ2n) is 6.75. The number of nitrogens with zero attached hydrogens (tertiary/aromatic N) is 1. The summed E-state index contributed by atoms with van der Waals surface area (Å²) >= 11 is 6.08. The number of hydrogen-bond donors (Lipinski definition) is 1. The van der Waals surface area contributed by atoms with Crippen molar-refractivity contribution in [2.24, 2.45) is 5.92 Å². The van der Waals surface area contributed by atoms with E-state index in [4.69, 9.17) is 11.6 Å². The molecule has 0 saturated carbocycles. The number of nitrogens with one attached hydrogen (secondary N) is 1. The Hall–Kier alpha value is -2.08. The van der Waals surface area contributed by atoms with Crippen LogP contribution in [0.25, 0.3) is 0 Å². The van der Waals surface area contributed by atoms with Crippen molar-refractivity contribution < 1.29 is 19.1 Å². The lowest BCUT2D eigenvalue weighted by molar-refractivity contribution is -0.131. The van der Waals surface area contributed by atoms with Gasteiger partial charge in [0.05, 0.1) is 29.3 Å². The summed E-state index contributed by atoms with van der Waals surface area (Å²) in [6.07, 6.45) is 0.164. The van der Waals surface area contributed by atoms with E-state index in [1.807, 2.05) is 20.8 Å². The molecule has 1 unspecified atom stereocenters. The minimum Gasteiger partial charge on any atom is -0.465 e. The molecule has 0 aromatic heterocycles. The van der Waals surface area contributed by atoms with E-state index in [9.17, 15) is 14.4 Å². The van der Waals surface area contributed by atoms with Crippen LogP contribution in [-0.4, -0.2) is 41.9 Å². The molecule has 0 aliphatic carbocycles. The zero-order valence-corrected chi connectivity index (χ0v) is 14.9. The average Bonchev–Trinajstić information content (AvgIpc) is 2.91. The van der Waals surface area contributed by atoms with Gasteiger partial charge in [-0.3, -0.25) is 9.59 Å². The first kappa shape index (κ1) is 18.3. The summed E-state index contributed by atoms with van der Waals surface area (Å²) in [4.78, 5) is 37.9. The quantitative estimate of drug-likeness (QED) is 0.849. The summed E-state index contributed by atoms with van der Waals surface area (Å²) in [5.41, 5.74) is 0.288. The van der Waals surface area contributed by atoms with Gasteiger partial charge >= 0.3 is 5.97 Å². The van der Waals surface area contributed by atoms with Crippen LogP contribution in [0.15, 0.2) is 18.2 Å². The van der Waals surface area contributed by atoms with E-state index in [-0.39, 0.29) is 29.3 Å². The van der Waals surface area contributed by atoms with Crippen LogP contribution in [-0.2, 0) is 14.3 Å². The molecule has 1 N–H and O–H groups in total. The van der Waals surface area contributed by atoms with Gasteiger partial charge in [-0.2, -0.15) is 0 Å². The first-order valence-corrected chi connectivity index (χ1v) is 8.00. The maximum atomic E-state index is 12.5. The molecule has 7 heteroatoms. The Morgan fingerprint density at radius 1 is 1.33 bits per heavy atom. The zero-order valence-electron chi connectivity index (χ0n) is 14.2. The molecule has 6 nitrogen and oxygen atoms in total. The number of carbonyl (C=O) groups excluding carboxylic acids is 3. The first-order chi connectivity index (χ1) is 11.1. The number of likely N-dealkylation sites (tertiary alicyclic amines) is 1. The van der Waals surface area contributed by atoms with Crippen molar-refractivity contribution in [3.63, 3.8) is 0 Å². The third-order valence-corrected chi connectivity index (χ3v) is 4.28. The van der Waals surface area contributed by atoms with Gasteiger partial charge in [0.1, 0.15) is 0 Å². The van der Waals surface area contributed by atoms with E-state index >= 15 is 0 Å². The SMILES string of the molecule is COC(=O)c1ccc(Cl)c(NC(=O)C2CC(=O)N(C(C)(C)C)C2)c1. The standard InChI is InChI=1S/C17H21ClN2O4/c1-17(2,3)20-9-11(8-14(20)21)15(22)19-13-7-10(16(23)24-4)5-6-12(13)18/h5-7,11H,8-9H2,1-4H3,(H,19,22). The molecule has 1 atom stereocenters. The lowest BCUT2D eigenvalue weighted by atomic mass is 10.1. The molecule has 1 heterocycles. The fourth-order valence-electron chi connectivity index (χ4n) is 2.63. The van der Waals surface area contributed by atoms with Gasteiger partial charge in [-0.15, -0.1) is 0 Å². The van der Waals surface area contributed by atoms with Crippen LogP contribution in [0, 0.1) is 5.92 Å². The van der Waals surface area contributed by atoms with Crippen molar-refractivity contribution >= 4 is 35.1 Å². The summed E-state index contributed by atoms with van der Waals surface area (Å²) in [6, 6.07) is 4.50. The lowest BCUT2D eigenvalue weighted by Gasteiger charge is -2.31. The Bertz CT molecular complexity index is 682. The van der Waals surface area contributed by atoms with Crippen molar-refractivity contribution in [2.75, 3.05) is 19.0 Å². The van der Waals surface area contributed by atoms with E-state index in [2.05, 4.69) is 10.1 Å².